The van der Waals surface area contributed by atoms with Crippen LogP contribution in [0.2, 0.25) is 0 Å². The van der Waals surface area contributed by atoms with Crippen LogP contribution in [0.3, 0.4) is 0 Å². The zero-order valence-electron chi connectivity index (χ0n) is 11.2. The van der Waals surface area contributed by atoms with Crippen LogP contribution in [0.25, 0.3) is 0 Å². The Balaban J connectivity index is 3.08. The quantitative estimate of drug-likeness (QED) is 0.806. The highest BCUT2D eigenvalue weighted by molar-refractivity contribution is 5.97. The van der Waals surface area contributed by atoms with Gasteiger partial charge in [0, 0.05) is 32.8 Å². The van der Waals surface area contributed by atoms with Gasteiger partial charge in [0.2, 0.25) is 11.8 Å². The molecule has 0 bridgehead atoms. The third kappa shape index (κ3) is 3.10. The molecule has 1 unspecified atom stereocenters. The van der Waals surface area contributed by atoms with Gasteiger partial charge >= 0.3 is 0 Å². The Bertz CT molecular complexity index is 421. The fourth-order valence-corrected chi connectivity index (χ4v) is 1.43. The van der Waals surface area contributed by atoms with Crippen molar-refractivity contribution < 1.29 is 9.53 Å². The summed E-state index contributed by atoms with van der Waals surface area (Å²) in [6, 6.07) is 1.81. The van der Waals surface area contributed by atoms with E-state index in [0.717, 1.165) is 5.69 Å². The topological polar surface area (TPSA) is 80.5 Å². The molecule has 1 aromatic heterocycles. The number of nitrogens with two attached hydrogens (primary N) is 1. The zero-order chi connectivity index (χ0) is 13.7. The molecular formula is C12H20N4O2. The van der Waals surface area contributed by atoms with Crippen molar-refractivity contribution >= 4 is 17.3 Å². The van der Waals surface area contributed by atoms with Gasteiger partial charge in [-0.25, -0.2) is 4.98 Å². The van der Waals surface area contributed by atoms with E-state index in [0.29, 0.717) is 18.1 Å². The Labute approximate surface area is 107 Å². The molecule has 1 atom stereocenters. The summed E-state index contributed by atoms with van der Waals surface area (Å²) in [5, 5.41) is 2.81. The van der Waals surface area contributed by atoms with Crippen molar-refractivity contribution in [2.24, 2.45) is 11.7 Å². The number of aromatic nitrogens is 1. The Morgan fingerprint density at radius 3 is 2.78 bits per heavy atom. The molecule has 0 fully saturated rings. The molecule has 1 heterocycles. The molecule has 6 nitrogen and oxygen atoms in total. The number of carbonyl (C=O) groups excluding carboxylic acids is 1. The van der Waals surface area contributed by atoms with Crippen LogP contribution < -0.4 is 20.7 Å². The monoisotopic (exact) mass is 252 g/mol. The highest BCUT2D eigenvalue weighted by atomic mass is 16.5. The van der Waals surface area contributed by atoms with Crippen LogP contribution in [-0.2, 0) is 4.79 Å². The second kappa shape index (κ2) is 6.20. The fraction of sp³-hybridized carbons (Fsp3) is 0.500. The lowest BCUT2D eigenvalue weighted by molar-refractivity contribution is -0.119. The number of hydrogen-bond acceptors (Lipinski definition) is 5. The number of nitrogens with zero attached hydrogens (tertiary/aromatic N) is 2. The van der Waals surface area contributed by atoms with Gasteiger partial charge in [-0.1, -0.05) is 6.92 Å². The van der Waals surface area contributed by atoms with Crippen molar-refractivity contribution in [2.75, 3.05) is 38.0 Å². The molecule has 0 aromatic carbocycles. The SMILES string of the molecule is COc1nccc(N(C)C)c1NC(=O)C(C)CN. The summed E-state index contributed by atoms with van der Waals surface area (Å²) >= 11 is 0. The van der Waals surface area contributed by atoms with E-state index < -0.39 is 0 Å². The smallest absolute Gasteiger partial charge is 0.239 e. The predicted molar refractivity (Wildman–Crippen MR) is 72.0 cm³/mol. The summed E-state index contributed by atoms with van der Waals surface area (Å²) < 4.78 is 5.17. The maximum absolute atomic E-state index is 11.9. The second-order valence-electron chi connectivity index (χ2n) is 4.23. The molecular weight excluding hydrogens is 232 g/mol. The van der Waals surface area contributed by atoms with Crippen molar-refractivity contribution in [2.45, 2.75) is 6.92 Å². The normalized spacial score (nSPS) is 11.8. The van der Waals surface area contributed by atoms with Crippen molar-refractivity contribution in [1.82, 2.24) is 4.98 Å². The first-order valence-corrected chi connectivity index (χ1v) is 5.72. The molecule has 0 spiro atoms. The number of methoxy groups -OCH3 is 1. The lowest BCUT2D eigenvalue weighted by Gasteiger charge is -2.20. The van der Waals surface area contributed by atoms with E-state index in [4.69, 9.17) is 10.5 Å². The van der Waals surface area contributed by atoms with Gasteiger partial charge in [-0.3, -0.25) is 4.79 Å². The van der Waals surface area contributed by atoms with Crippen molar-refractivity contribution in [3.05, 3.63) is 12.3 Å². The van der Waals surface area contributed by atoms with Crippen LogP contribution in [0.5, 0.6) is 5.88 Å². The molecule has 6 heteroatoms. The van der Waals surface area contributed by atoms with Crippen molar-refractivity contribution in [3.63, 3.8) is 0 Å². The average molecular weight is 252 g/mol. The van der Waals surface area contributed by atoms with Crippen LogP contribution in [0, 0.1) is 5.92 Å². The summed E-state index contributed by atoms with van der Waals surface area (Å²) in [4.78, 5) is 17.9. The van der Waals surface area contributed by atoms with E-state index in [1.165, 1.54) is 7.11 Å². The highest BCUT2D eigenvalue weighted by Gasteiger charge is 2.18. The number of pyridine rings is 1. The minimum absolute atomic E-state index is 0.146. The third-order valence-electron chi connectivity index (χ3n) is 2.62. The van der Waals surface area contributed by atoms with E-state index in [9.17, 15) is 4.79 Å². The molecule has 1 aromatic rings. The molecule has 0 saturated carbocycles. The number of rotatable bonds is 5. The summed E-state index contributed by atoms with van der Waals surface area (Å²) in [5.74, 6) is -0.0180. The van der Waals surface area contributed by atoms with Crippen LogP contribution in [0.4, 0.5) is 11.4 Å². The van der Waals surface area contributed by atoms with Gasteiger partial charge in [-0.15, -0.1) is 0 Å². The lowest BCUT2D eigenvalue weighted by atomic mass is 10.1. The lowest BCUT2D eigenvalue weighted by Crippen LogP contribution is -2.27. The van der Waals surface area contributed by atoms with Gasteiger partial charge < -0.3 is 20.7 Å². The van der Waals surface area contributed by atoms with E-state index in [1.807, 2.05) is 25.1 Å². The summed E-state index contributed by atoms with van der Waals surface area (Å²) in [5.41, 5.74) is 6.87. The summed E-state index contributed by atoms with van der Waals surface area (Å²) in [7, 11) is 5.29. The predicted octanol–water partition coefficient (Wildman–Crippen LogP) is 0.689. The molecule has 1 amide bonds. The third-order valence-corrected chi connectivity index (χ3v) is 2.62. The number of hydrogen-bond donors (Lipinski definition) is 2. The highest BCUT2D eigenvalue weighted by Crippen LogP contribution is 2.32. The van der Waals surface area contributed by atoms with Crippen molar-refractivity contribution in [3.8, 4) is 5.88 Å². The fourth-order valence-electron chi connectivity index (χ4n) is 1.43. The van der Waals surface area contributed by atoms with E-state index in [1.54, 1.807) is 13.1 Å². The van der Waals surface area contributed by atoms with Crippen molar-refractivity contribution in [1.29, 1.82) is 0 Å². The van der Waals surface area contributed by atoms with Gasteiger partial charge in [0.15, 0.2) is 0 Å². The van der Waals surface area contributed by atoms with E-state index in [-0.39, 0.29) is 11.8 Å². The molecule has 0 radical (unpaired) electrons. The van der Waals surface area contributed by atoms with Gasteiger partial charge in [0.25, 0.3) is 0 Å². The average Bonchev–Trinajstić information content (AvgIpc) is 2.37. The molecule has 0 saturated heterocycles. The van der Waals surface area contributed by atoms with Crippen LogP contribution >= 0.6 is 0 Å². The Morgan fingerprint density at radius 2 is 2.28 bits per heavy atom. The van der Waals surface area contributed by atoms with Gasteiger partial charge in [-0.2, -0.15) is 0 Å². The first-order chi connectivity index (χ1) is 8.51. The summed E-state index contributed by atoms with van der Waals surface area (Å²) in [6.07, 6.45) is 1.64. The number of amides is 1. The van der Waals surface area contributed by atoms with Gasteiger partial charge in [0.05, 0.1) is 12.8 Å². The zero-order valence-corrected chi connectivity index (χ0v) is 11.2. The number of anilines is 2. The standard InChI is InChI=1S/C12H20N4O2/c1-8(7-13)11(17)15-10-9(16(2)3)5-6-14-12(10)18-4/h5-6,8H,7,13H2,1-4H3,(H,15,17). The molecule has 3 N–H and O–H groups in total. The van der Waals surface area contributed by atoms with Crippen LogP contribution in [-0.4, -0.2) is 38.6 Å². The van der Waals surface area contributed by atoms with Crippen LogP contribution in [0.15, 0.2) is 12.3 Å². The van der Waals surface area contributed by atoms with E-state index in [2.05, 4.69) is 10.3 Å². The molecule has 0 aliphatic heterocycles. The minimum Gasteiger partial charge on any atom is -0.479 e. The first-order valence-electron chi connectivity index (χ1n) is 5.72. The number of ether oxygens (including phenoxy) is 1. The number of nitrogens with one attached hydrogen (secondary N) is 1. The Kier molecular flexibility index (Phi) is 4.91. The van der Waals surface area contributed by atoms with Gasteiger partial charge in [-0.05, 0) is 6.07 Å². The number of carbonyl (C=O) groups is 1. The molecule has 0 aliphatic carbocycles. The summed E-state index contributed by atoms with van der Waals surface area (Å²) in [6.45, 7) is 2.07. The van der Waals surface area contributed by atoms with Crippen LogP contribution in [0.1, 0.15) is 6.92 Å². The second-order valence-corrected chi connectivity index (χ2v) is 4.23. The molecule has 18 heavy (non-hydrogen) atoms. The Hall–Kier alpha value is -1.82. The molecule has 100 valence electrons. The molecule has 1 rings (SSSR count). The molecule has 0 aliphatic rings. The largest absolute Gasteiger partial charge is 0.479 e. The van der Waals surface area contributed by atoms with E-state index >= 15 is 0 Å². The maximum atomic E-state index is 11.9. The minimum atomic E-state index is -0.259. The van der Waals surface area contributed by atoms with Gasteiger partial charge in [0.1, 0.15) is 5.69 Å². The first kappa shape index (κ1) is 14.2. The maximum Gasteiger partial charge on any atom is 0.239 e. The Morgan fingerprint density at radius 1 is 1.61 bits per heavy atom.